The quantitative estimate of drug-likeness (QED) is 0.650. The van der Waals surface area contributed by atoms with E-state index in [1.54, 1.807) is 0 Å². The van der Waals surface area contributed by atoms with Gasteiger partial charge in [-0.25, -0.2) is 0 Å². The van der Waals surface area contributed by atoms with Crippen LogP contribution in [0.5, 0.6) is 0 Å². The molecule has 122 valence electrons. The van der Waals surface area contributed by atoms with Crippen molar-refractivity contribution in [2.75, 3.05) is 26.2 Å². The highest BCUT2D eigenvalue weighted by atomic mass is 35.5. The maximum atomic E-state index is 12.3. The Labute approximate surface area is 134 Å². The van der Waals surface area contributed by atoms with Crippen LogP contribution in [0.4, 0.5) is 5.69 Å². The number of rotatable bonds is 3. The molecule has 0 unspecified atom stereocenters. The molecule has 1 aromatic rings. The summed E-state index contributed by atoms with van der Waals surface area (Å²) in [6, 6.07) is 0. The summed E-state index contributed by atoms with van der Waals surface area (Å²) in [7, 11) is 0. The first kappa shape index (κ1) is 16.7. The second kappa shape index (κ2) is 7.06. The van der Waals surface area contributed by atoms with E-state index in [9.17, 15) is 14.9 Å². The second-order valence-electron chi connectivity index (χ2n) is 5.79. The number of hydrogen-bond acceptors (Lipinski definition) is 5. The van der Waals surface area contributed by atoms with Crippen molar-refractivity contribution >= 4 is 24.0 Å². The molecular weight excluding hydrogens is 310 g/mol. The van der Waals surface area contributed by atoms with Crippen molar-refractivity contribution in [2.45, 2.75) is 19.4 Å². The van der Waals surface area contributed by atoms with E-state index in [2.05, 4.69) is 10.4 Å². The van der Waals surface area contributed by atoms with Crippen LogP contribution in [0.1, 0.15) is 12.8 Å². The minimum absolute atomic E-state index is 0. The molecule has 0 saturated carbocycles. The van der Waals surface area contributed by atoms with Crippen LogP contribution in [0.25, 0.3) is 0 Å². The van der Waals surface area contributed by atoms with E-state index in [-0.39, 0.29) is 30.5 Å². The van der Waals surface area contributed by atoms with Crippen molar-refractivity contribution in [1.29, 1.82) is 0 Å². The van der Waals surface area contributed by atoms with Crippen LogP contribution in [0, 0.1) is 22.0 Å². The van der Waals surface area contributed by atoms with Gasteiger partial charge in [0.15, 0.2) is 0 Å². The molecule has 2 aliphatic heterocycles. The summed E-state index contributed by atoms with van der Waals surface area (Å²) in [6.45, 7) is 3.72. The zero-order valence-electron chi connectivity index (χ0n) is 12.2. The van der Waals surface area contributed by atoms with Gasteiger partial charge in [0, 0.05) is 13.1 Å². The Kier molecular flexibility index (Phi) is 5.36. The van der Waals surface area contributed by atoms with Gasteiger partial charge in [-0.05, 0) is 37.8 Å². The standard InChI is InChI=1S/C13H19N5O3.ClH/c19-13(9-17-8-12(7-15-17)18(20)21)16-3-1-10-5-14-6-11(10)2-4-16;/h7-8,10-11,14H,1-6,9H2;1H/t10-,11+;. The summed E-state index contributed by atoms with van der Waals surface area (Å²) < 4.78 is 1.34. The molecule has 3 rings (SSSR count). The molecule has 2 atom stereocenters. The van der Waals surface area contributed by atoms with Gasteiger partial charge in [-0.15, -0.1) is 12.4 Å². The first-order valence-electron chi connectivity index (χ1n) is 7.29. The average Bonchev–Trinajstić information content (AvgIpc) is 3.05. The molecule has 8 nitrogen and oxygen atoms in total. The summed E-state index contributed by atoms with van der Waals surface area (Å²) in [5, 5.41) is 17.9. The second-order valence-corrected chi connectivity index (χ2v) is 5.79. The minimum atomic E-state index is -0.506. The summed E-state index contributed by atoms with van der Waals surface area (Å²) in [5.41, 5.74) is -0.0840. The lowest BCUT2D eigenvalue weighted by Gasteiger charge is -2.20. The lowest BCUT2D eigenvalue weighted by molar-refractivity contribution is -0.385. The summed E-state index contributed by atoms with van der Waals surface area (Å²) in [5.74, 6) is 1.34. The molecule has 0 spiro atoms. The Balaban J connectivity index is 0.00000176. The number of nitrogens with one attached hydrogen (secondary N) is 1. The zero-order valence-corrected chi connectivity index (χ0v) is 13.0. The molecule has 0 bridgehead atoms. The Hall–Kier alpha value is -1.67. The minimum Gasteiger partial charge on any atom is -0.341 e. The molecule has 0 aliphatic carbocycles. The van der Waals surface area contributed by atoms with Gasteiger partial charge in [-0.1, -0.05) is 0 Å². The first-order valence-corrected chi connectivity index (χ1v) is 7.29. The molecule has 2 fully saturated rings. The number of aromatic nitrogens is 2. The maximum Gasteiger partial charge on any atom is 0.307 e. The third-order valence-corrected chi connectivity index (χ3v) is 4.50. The van der Waals surface area contributed by atoms with E-state index in [0.717, 1.165) is 39.0 Å². The Morgan fingerprint density at radius 2 is 2.00 bits per heavy atom. The van der Waals surface area contributed by atoms with Gasteiger partial charge in [0.05, 0.1) is 4.92 Å². The highest BCUT2D eigenvalue weighted by Crippen LogP contribution is 2.27. The molecule has 0 radical (unpaired) electrons. The summed E-state index contributed by atoms with van der Waals surface area (Å²) >= 11 is 0. The fraction of sp³-hybridized carbons (Fsp3) is 0.692. The van der Waals surface area contributed by atoms with Crippen molar-refractivity contribution in [2.24, 2.45) is 11.8 Å². The van der Waals surface area contributed by atoms with E-state index >= 15 is 0 Å². The van der Waals surface area contributed by atoms with Crippen molar-refractivity contribution in [1.82, 2.24) is 20.0 Å². The normalized spacial score (nSPS) is 24.3. The van der Waals surface area contributed by atoms with Gasteiger partial charge in [-0.3, -0.25) is 19.6 Å². The van der Waals surface area contributed by atoms with Crippen LogP contribution in [-0.4, -0.2) is 51.7 Å². The van der Waals surface area contributed by atoms with E-state index < -0.39 is 4.92 Å². The molecule has 2 saturated heterocycles. The van der Waals surface area contributed by atoms with Crippen LogP contribution in [0.2, 0.25) is 0 Å². The Morgan fingerprint density at radius 1 is 1.36 bits per heavy atom. The van der Waals surface area contributed by atoms with Crippen molar-refractivity contribution in [3.63, 3.8) is 0 Å². The van der Waals surface area contributed by atoms with Crippen LogP contribution < -0.4 is 5.32 Å². The Bertz CT molecular complexity index is 536. The van der Waals surface area contributed by atoms with Gasteiger partial charge in [-0.2, -0.15) is 5.10 Å². The summed E-state index contributed by atoms with van der Waals surface area (Å²) in [4.78, 5) is 24.3. The number of carbonyl (C=O) groups is 1. The van der Waals surface area contributed by atoms with Crippen LogP contribution in [0.15, 0.2) is 12.4 Å². The van der Waals surface area contributed by atoms with Gasteiger partial charge in [0.25, 0.3) is 0 Å². The van der Waals surface area contributed by atoms with E-state index in [4.69, 9.17) is 0 Å². The molecule has 1 N–H and O–H groups in total. The van der Waals surface area contributed by atoms with Crippen LogP contribution in [0.3, 0.4) is 0 Å². The SMILES string of the molecule is Cl.O=C(Cn1cc([N+](=O)[O-])cn1)N1CC[C@@H]2CNC[C@@H]2CC1. The van der Waals surface area contributed by atoms with Gasteiger partial charge < -0.3 is 10.2 Å². The number of hydrogen-bond donors (Lipinski definition) is 1. The summed E-state index contributed by atoms with van der Waals surface area (Å²) in [6.07, 6.45) is 4.53. The maximum absolute atomic E-state index is 12.3. The molecular formula is C13H20ClN5O3. The number of nitro groups is 1. The monoisotopic (exact) mass is 329 g/mol. The van der Waals surface area contributed by atoms with E-state index in [1.807, 2.05) is 4.90 Å². The fourth-order valence-electron chi connectivity index (χ4n) is 3.24. The largest absolute Gasteiger partial charge is 0.341 e. The fourth-order valence-corrected chi connectivity index (χ4v) is 3.24. The van der Waals surface area contributed by atoms with Gasteiger partial charge in [0.2, 0.25) is 5.91 Å². The van der Waals surface area contributed by atoms with E-state index in [1.165, 1.54) is 17.1 Å². The zero-order chi connectivity index (χ0) is 14.8. The number of fused-ring (bicyclic) bond motifs is 1. The lowest BCUT2D eigenvalue weighted by Crippen LogP contribution is -2.35. The number of halogens is 1. The van der Waals surface area contributed by atoms with Gasteiger partial charge >= 0.3 is 5.69 Å². The van der Waals surface area contributed by atoms with Crippen molar-refractivity contribution in [3.8, 4) is 0 Å². The Morgan fingerprint density at radius 3 is 2.55 bits per heavy atom. The third-order valence-electron chi connectivity index (χ3n) is 4.50. The van der Waals surface area contributed by atoms with Crippen molar-refractivity contribution in [3.05, 3.63) is 22.5 Å². The third kappa shape index (κ3) is 3.56. The molecule has 0 aromatic carbocycles. The molecule has 1 aromatic heterocycles. The first-order chi connectivity index (χ1) is 10.1. The number of nitrogens with zero attached hydrogens (tertiary/aromatic N) is 4. The predicted octanol–water partition coefficient (Wildman–Crippen LogP) is 0.671. The lowest BCUT2D eigenvalue weighted by atomic mass is 9.92. The molecule has 9 heteroatoms. The average molecular weight is 330 g/mol. The number of likely N-dealkylation sites (tertiary alicyclic amines) is 1. The topological polar surface area (TPSA) is 93.3 Å². The molecule has 1 amide bonds. The molecule has 3 heterocycles. The highest BCUT2D eigenvalue weighted by molar-refractivity contribution is 5.85. The predicted molar refractivity (Wildman–Crippen MR) is 81.8 cm³/mol. The number of carbonyl (C=O) groups excluding carboxylic acids is 1. The number of amides is 1. The van der Waals surface area contributed by atoms with Gasteiger partial charge in [0.1, 0.15) is 18.9 Å². The smallest absolute Gasteiger partial charge is 0.307 e. The molecule has 22 heavy (non-hydrogen) atoms. The molecule has 2 aliphatic rings. The van der Waals surface area contributed by atoms with Crippen LogP contribution in [-0.2, 0) is 11.3 Å². The van der Waals surface area contributed by atoms with Crippen LogP contribution >= 0.6 is 12.4 Å². The van der Waals surface area contributed by atoms with Crippen molar-refractivity contribution < 1.29 is 9.72 Å². The highest BCUT2D eigenvalue weighted by Gasteiger charge is 2.31. The van der Waals surface area contributed by atoms with E-state index in [0.29, 0.717) is 11.8 Å².